The van der Waals surface area contributed by atoms with E-state index in [0.29, 0.717) is 95.3 Å². The van der Waals surface area contributed by atoms with Crippen LogP contribution in [-0.4, -0.2) is 106 Å². The van der Waals surface area contributed by atoms with Gasteiger partial charge in [0.1, 0.15) is 13.2 Å². The Balaban J connectivity index is 1.89. The second-order valence-corrected chi connectivity index (χ2v) is 7.95. The fraction of sp³-hybridized carbons (Fsp3) is 0.536. The first-order valence-electron chi connectivity index (χ1n) is 12.7. The average Bonchev–Trinajstić information content (AvgIpc) is 2.95. The Kier molecular flexibility index (Phi) is 16.8. The zero-order valence-corrected chi connectivity index (χ0v) is 22.7. The lowest BCUT2D eigenvalue weighted by Crippen LogP contribution is -2.14. The van der Waals surface area contributed by atoms with E-state index in [1.54, 1.807) is 44.6 Å². The fourth-order valence-corrected chi connectivity index (χ4v) is 3.19. The van der Waals surface area contributed by atoms with Crippen LogP contribution in [0.1, 0.15) is 15.9 Å². The first-order chi connectivity index (χ1) is 18.7. The Morgan fingerprint density at radius 2 is 1.03 bits per heavy atom. The van der Waals surface area contributed by atoms with Gasteiger partial charge in [-0.1, -0.05) is 0 Å². The number of methoxy groups -OCH3 is 2. The Morgan fingerprint density at radius 1 is 0.579 bits per heavy atom. The normalized spacial score (nSPS) is 10.9. The Bertz CT molecular complexity index is 892. The molecule has 10 heteroatoms. The minimum Gasteiger partial charge on any atom is -0.487 e. The summed E-state index contributed by atoms with van der Waals surface area (Å²) in [6.45, 7) is 5.40. The summed E-state index contributed by atoms with van der Waals surface area (Å²) in [7, 11) is 5.09. The number of ether oxygens (including phenoxy) is 8. The van der Waals surface area contributed by atoms with Crippen LogP contribution in [0.2, 0.25) is 0 Å². The van der Waals surface area contributed by atoms with E-state index in [1.165, 1.54) is 0 Å². The van der Waals surface area contributed by atoms with Crippen LogP contribution in [0.4, 0.5) is 5.69 Å². The summed E-state index contributed by atoms with van der Waals surface area (Å²) in [6.07, 6.45) is 0. The van der Waals surface area contributed by atoms with Gasteiger partial charge in [-0.05, 0) is 42.5 Å². The molecule has 0 aliphatic carbocycles. The predicted molar refractivity (Wildman–Crippen MR) is 144 cm³/mol. The predicted octanol–water partition coefficient (Wildman–Crippen LogP) is 3.08. The molecule has 10 nitrogen and oxygen atoms in total. The van der Waals surface area contributed by atoms with E-state index in [4.69, 9.17) is 37.9 Å². The van der Waals surface area contributed by atoms with Gasteiger partial charge in [0.05, 0.1) is 66.1 Å². The summed E-state index contributed by atoms with van der Waals surface area (Å²) in [5, 5.41) is 3.05. The standard InChI is InChI=1S/C28H41NO9/c1-29-25-7-4-23(5-8-25)28(30)24-6-9-26(37-20-18-35-16-14-33-12-10-31-2)27(22-24)38-21-19-36-17-15-34-13-11-32-3/h4-9,22,29H,10-21H2,1-3H3. The van der Waals surface area contributed by atoms with Crippen LogP contribution in [-0.2, 0) is 28.4 Å². The van der Waals surface area contributed by atoms with E-state index in [2.05, 4.69) is 5.32 Å². The molecule has 0 fully saturated rings. The van der Waals surface area contributed by atoms with Crippen LogP contribution in [0.25, 0.3) is 0 Å². The fourth-order valence-electron chi connectivity index (χ4n) is 3.19. The van der Waals surface area contributed by atoms with Gasteiger partial charge in [0.15, 0.2) is 17.3 Å². The average molecular weight is 536 g/mol. The highest BCUT2D eigenvalue weighted by molar-refractivity contribution is 6.09. The van der Waals surface area contributed by atoms with Crippen molar-refractivity contribution in [3.63, 3.8) is 0 Å². The Labute approximate surface area is 225 Å². The Morgan fingerprint density at radius 3 is 1.53 bits per heavy atom. The van der Waals surface area contributed by atoms with Crippen molar-refractivity contribution in [1.82, 2.24) is 0 Å². The number of nitrogens with one attached hydrogen (secondary N) is 1. The van der Waals surface area contributed by atoms with Crippen molar-refractivity contribution in [3.8, 4) is 11.5 Å². The molecule has 2 rings (SSSR count). The van der Waals surface area contributed by atoms with Gasteiger partial charge >= 0.3 is 0 Å². The van der Waals surface area contributed by atoms with Crippen LogP contribution in [0.5, 0.6) is 11.5 Å². The van der Waals surface area contributed by atoms with Crippen molar-refractivity contribution >= 4 is 11.5 Å². The Hall–Kier alpha value is -2.73. The molecule has 0 spiro atoms. The molecule has 212 valence electrons. The summed E-state index contributed by atoms with van der Waals surface area (Å²) < 4.78 is 43.5. The second kappa shape index (κ2) is 20.3. The summed E-state index contributed by atoms with van der Waals surface area (Å²) in [4.78, 5) is 13.1. The number of hydrogen-bond donors (Lipinski definition) is 1. The SMILES string of the molecule is CNc1ccc(C(=O)c2ccc(OCCOCCOCCOC)c(OCCOCCOCCOC)c2)cc1. The topological polar surface area (TPSA) is 103 Å². The zero-order valence-electron chi connectivity index (χ0n) is 22.7. The van der Waals surface area contributed by atoms with Crippen LogP contribution in [0, 0.1) is 0 Å². The molecule has 0 aromatic heterocycles. The lowest BCUT2D eigenvalue weighted by atomic mass is 10.0. The maximum Gasteiger partial charge on any atom is 0.193 e. The third-order valence-electron chi connectivity index (χ3n) is 5.22. The van der Waals surface area contributed by atoms with Gasteiger partial charge in [0.25, 0.3) is 0 Å². The first-order valence-corrected chi connectivity index (χ1v) is 12.7. The van der Waals surface area contributed by atoms with Crippen molar-refractivity contribution in [2.24, 2.45) is 0 Å². The number of anilines is 1. The van der Waals surface area contributed by atoms with Gasteiger partial charge in [0, 0.05) is 38.1 Å². The van der Waals surface area contributed by atoms with Gasteiger partial charge in [-0.3, -0.25) is 4.79 Å². The van der Waals surface area contributed by atoms with Gasteiger partial charge in [0.2, 0.25) is 0 Å². The highest BCUT2D eigenvalue weighted by Crippen LogP contribution is 2.29. The molecule has 0 saturated heterocycles. The van der Waals surface area contributed by atoms with Crippen LogP contribution < -0.4 is 14.8 Å². The molecule has 0 heterocycles. The molecule has 2 aromatic carbocycles. The second-order valence-electron chi connectivity index (χ2n) is 7.95. The molecule has 38 heavy (non-hydrogen) atoms. The van der Waals surface area contributed by atoms with Crippen molar-refractivity contribution in [1.29, 1.82) is 0 Å². The number of benzene rings is 2. The third-order valence-corrected chi connectivity index (χ3v) is 5.22. The molecule has 0 saturated carbocycles. The molecule has 0 atom stereocenters. The smallest absolute Gasteiger partial charge is 0.193 e. The number of rotatable bonds is 23. The maximum absolute atomic E-state index is 13.1. The molecule has 0 radical (unpaired) electrons. The highest BCUT2D eigenvalue weighted by Gasteiger charge is 2.14. The minimum atomic E-state index is -0.106. The molecular weight excluding hydrogens is 494 g/mol. The van der Waals surface area contributed by atoms with E-state index in [-0.39, 0.29) is 12.4 Å². The summed E-state index contributed by atoms with van der Waals surface area (Å²) in [6, 6.07) is 12.5. The number of carbonyl (C=O) groups excluding carboxylic acids is 1. The van der Waals surface area contributed by atoms with Gasteiger partial charge in [-0.15, -0.1) is 0 Å². The molecule has 0 unspecified atom stereocenters. The number of ketones is 1. The van der Waals surface area contributed by atoms with Gasteiger partial charge < -0.3 is 43.2 Å². The highest BCUT2D eigenvalue weighted by atomic mass is 16.6. The first kappa shape index (κ1) is 31.5. The van der Waals surface area contributed by atoms with E-state index >= 15 is 0 Å². The van der Waals surface area contributed by atoms with Crippen molar-refractivity contribution in [3.05, 3.63) is 53.6 Å². The lowest BCUT2D eigenvalue weighted by Gasteiger charge is -2.15. The molecule has 1 N–H and O–H groups in total. The van der Waals surface area contributed by atoms with Gasteiger partial charge in [-0.2, -0.15) is 0 Å². The van der Waals surface area contributed by atoms with Gasteiger partial charge in [-0.25, -0.2) is 0 Å². The number of carbonyl (C=O) groups is 1. The minimum absolute atomic E-state index is 0.106. The quantitative estimate of drug-likeness (QED) is 0.169. The summed E-state index contributed by atoms with van der Waals surface area (Å²) in [5.74, 6) is 0.880. The summed E-state index contributed by atoms with van der Waals surface area (Å²) in [5.41, 5.74) is 2.02. The van der Waals surface area contributed by atoms with Crippen LogP contribution >= 0.6 is 0 Å². The molecular formula is C28H41NO9. The monoisotopic (exact) mass is 535 g/mol. The molecule has 0 aliphatic heterocycles. The zero-order chi connectivity index (χ0) is 27.3. The van der Waals surface area contributed by atoms with Crippen LogP contribution in [0.3, 0.4) is 0 Å². The van der Waals surface area contributed by atoms with Crippen molar-refractivity contribution in [2.45, 2.75) is 0 Å². The maximum atomic E-state index is 13.1. The largest absolute Gasteiger partial charge is 0.487 e. The van der Waals surface area contributed by atoms with Crippen LogP contribution in [0.15, 0.2) is 42.5 Å². The third kappa shape index (κ3) is 12.7. The van der Waals surface area contributed by atoms with E-state index in [0.717, 1.165) is 5.69 Å². The lowest BCUT2D eigenvalue weighted by molar-refractivity contribution is 0.0159. The van der Waals surface area contributed by atoms with Crippen molar-refractivity contribution < 1.29 is 42.7 Å². The van der Waals surface area contributed by atoms with Crippen molar-refractivity contribution in [2.75, 3.05) is 106 Å². The molecule has 0 amide bonds. The molecule has 2 aromatic rings. The molecule has 0 aliphatic rings. The number of hydrogen-bond acceptors (Lipinski definition) is 10. The van der Waals surface area contributed by atoms with E-state index in [9.17, 15) is 4.79 Å². The summed E-state index contributed by atoms with van der Waals surface area (Å²) >= 11 is 0. The van der Waals surface area contributed by atoms with E-state index in [1.807, 2.05) is 19.2 Å². The molecule has 0 bridgehead atoms. The van der Waals surface area contributed by atoms with E-state index < -0.39 is 0 Å².